The lowest BCUT2D eigenvalue weighted by Crippen LogP contribution is -2.22. The van der Waals surface area contributed by atoms with Gasteiger partial charge in [-0.05, 0) is 61.5 Å². The summed E-state index contributed by atoms with van der Waals surface area (Å²) in [6.45, 7) is 1.85. The van der Waals surface area contributed by atoms with Gasteiger partial charge in [0, 0.05) is 17.1 Å². The summed E-state index contributed by atoms with van der Waals surface area (Å²) in [6.07, 6.45) is 0. The molecule has 9 nitrogen and oxygen atoms in total. The van der Waals surface area contributed by atoms with E-state index in [1.54, 1.807) is 66.7 Å². The van der Waals surface area contributed by atoms with Crippen LogP contribution >= 0.6 is 0 Å². The number of aryl methyl sites for hydroxylation is 1. The van der Waals surface area contributed by atoms with Gasteiger partial charge < -0.3 is 21.3 Å². The minimum Gasteiger partial charge on any atom is -0.308 e. The number of urea groups is 2. The minimum atomic E-state index is -3.99. The monoisotopic (exact) mass is 515 g/mol. The maximum atomic E-state index is 13.1. The number of benzene rings is 4. The summed E-state index contributed by atoms with van der Waals surface area (Å²) in [5.41, 5.74) is 2.65. The van der Waals surface area contributed by atoms with Crippen LogP contribution in [0.25, 0.3) is 0 Å². The third-order valence-corrected chi connectivity index (χ3v) is 6.55. The average Bonchev–Trinajstić information content (AvgIpc) is 2.87. The molecule has 0 heterocycles. The fourth-order valence-electron chi connectivity index (χ4n) is 3.36. The Labute approximate surface area is 215 Å². The third kappa shape index (κ3) is 7.09. The molecule has 0 bridgehead atoms. The van der Waals surface area contributed by atoms with Crippen molar-refractivity contribution in [2.75, 3.05) is 26.0 Å². The van der Waals surface area contributed by atoms with Crippen molar-refractivity contribution in [3.63, 3.8) is 0 Å². The molecule has 10 heteroatoms. The molecule has 4 rings (SSSR count). The number of hydrogen-bond acceptors (Lipinski definition) is 4. The van der Waals surface area contributed by atoms with Crippen LogP contribution in [0, 0.1) is 6.92 Å². The van der Waals surface area contributed by atoms with Gasteiger partial charge in [-0.15, -0.1) is 0 Å². The summed E-state index contributed by atoms with van der Waals surface area (Å²) in [5.74, 6) is 0. The molecule has 4 amide bonds. The molecule has 188 valence electrons. The van der Waals surface area contributed by atoms with Crippen molar-refractivity contribution in [1.82, 2.24) is 0 Å². The standard InChI is InChI=1S/C27H25N5O4S/c1-19-12-15-23(16-13-19)37(35,36)32-25-18-22(30-26(33)28-20-8-4-2-5-9-20)14-17-24(25)31-27(34)29-21-10-6-3-7-11-21/h2-18,32H,1H3,(H2,28,30,33)(H2,29,31,34). The molecule has 37 heavy (non-hydrogen) atoms. The van der Waals surface area contributed by atoms with Crippen LogP contribution in [0.15, 0.2) is 108 Å². The first-order chi connectivity index (χ1) is 17.8. The fourth-order valence-corrected chi connectivity index (χ4v) is 4.43. The Bertz CT molecular complexity index is 1490. The van der Waals surface area contributed by atoms with E-state index in [2.05, 4.69) is 26.0 Å². The van der Waals surface area contributed by atoms with Crippen molar-refractivity contribution >= 4 is 50.5 Å². The molecule has 5 N–H and O–H groups in total. The van der Waals surface area contributed by atoms with Crippen molar-refractivity contribution in [3.8, 4) is 0 Å². The van der Waals surface area contributed by atoms with Crippen molar-refractivity contribution in [2.24, 2.45) is 0 Å². The predicted octanol–water partition coefficient (Wildman–Crippen LogP) is 6.08. The smallest absolute Gasteiger partial charge is 0.308 e. The van der Waals surface area contributed by atoms with Crippen molar-refractivity contribution in [3.05, 3.63) is 109 Å². The molecular weight excluding hydrogens is 490 g/mol. The topological polar surface area (TPSA) is 128 Å². The lowest BCUT2D eigenvalue weighted by molar-refractivity contribution is 0.261. The number of hydrogen-bond donors (Lipinski definition) is 5. The zero-order chi connectivity index (χ0) is 26.3. The number of sulfonamides is 1. The molecule has 0 radical (unpaired) electrons. The molecule has 4 aromatic carbocycles. The van der Waals surface area contributed by atoms with Crippen LogP contribution in [0.4, 0.5) is 38.0 Å². The van der Waals surface area contributed by atoms with Gasteiger partial charge in [0.1, 0.15) is 0 Å². The maximum Gasteiger partial charge on any atom is 0.323 e. The van der Waals surface area contributed by atoms with Gasteiger partial charge in [0.25, 0.3) is 10.0 Å². The van der Waals surface area contributed by atoms with E-state index in [4.69, 9.17) is 0 Å². The van der Waals surface area contributed by atoms with E-state index < -0.39 is 22.1 Å². The Hall–Kier alpha value is -4.83. The van der Waals surface area contributed by atoms with E-state index in [1.165, 1.54) is 24.3 Å². The Morgan fingerprint density at radius 1 is 0.568 bits per heavy atom. The van der Waals surface area contributed by atoms with Gasteiger partial charge in [-0.3, -0.25) is 4.72 Å². The van der Waals surface area contributed by atoms with Crippen LogP contribution in [0.2, 0.25) is 0 Å². The quantitative estimate of drug-likeness (QED) is 0.204. The van der Waals surface area contributed by atoms with Crippen molar-refractivity contribution < 1.29 is 18.0 Å². The van der Waals surface area contributed by atoms with Gasteiger partial charge in [-0.1, -0.05) is 54.1 Å². The van der Waals surface area contributed by atoms with Crippen LogP contribution in [0.3, 0.4) is 0 Å². The van der Waals surface area contributed by atoms with Gasteiger partial charge in [-0.2, -0.15) is 0 Å². The summed E-state index contributed by atoms with van der Waals surface area (Å²) in [4.78, 5) is 25.1. The highest BCUT2D eigenvalue weighted by Gasteiger charge is 2.18. The van der Waals surface area contributed by atoms with E-state index in [-0.39, 0.29) is 16.3 Å². The van der Waals surface area contributed by atoms with E-state index >= 15 is 0 Å². The van der Waals surface area contributed by atoms with Crippen LogP contribution in [-0.4, -0.2) is 20.5 Å². The molecule has 0 spiro atoms. The zero-order valence-electron chi connectivity index (χ0n) is 19.9. The summed E-state index contributed by atoms with van der Waals surface area (Å²) in [6, 6.07) is 27.4. The highest BCUT2D eigenvalue weighted by Crippen LogP contribution is 2.29. The molecule has 0 aliphatic rings. The molecule has 0 saturated carbocycles. The number of carbonyl (C=O) groups is 2. The number of anilines is 5. The molecule has 0 fully saturated rings. The second kappa shape index (κ2) is 11.3. The fraction of sp³-hybridized carbons (Fsp3) is 0.0370. The number of carbonyl (C=O) groups excluding carboxylic acids is 2. The Kier molecular flexibility index (Phi) is 7.70. The number of amides is 4. The first kappa shape index (κ1) is 25.3. The van der Waals surface area contributed by atoms with Gasteiger partial charge in [0.05, 0.1) is 16.3 Å². The van der Waals surface area contributed by atoms with E-state index in [0.717, 1.165) is 5.56 Å². The first-order valence-corrected chi connectivity index (χ1v) is 12.8. The van der Waals surface area contributed by atoms with E-state index in [1.807, 2.05) is 19.1 Å². The SMILES string of the molecule is Cc1ccc(S(=O)(=O)Nc2cc(NC(=O)Nc3ccccc3)ccc2NC(=O)Nc2ccccc2)cc1. The van der Waals surface area contributed by atoms with E-state index in [0.29, 0.717) is 17.1 Å². The summed E-state index contributed by atoms with van der Waals surface area (Å²) >= 11 is 0. The average molecular weight is 516 g/mol. The largest absolute Gasteiger partial charge is 0.323 e. The zero-order valence-corrected chi connectivity index (χ0v) is 20.7. The van der Waals surface area contributed by atoms with Crippen LogP contribution in [0.1, 0.15) is 5.56 Å². The molecule has 4 aromatic rings. The molecule has 0 unspecified atom stereocenters. The second-order valence-electron chi connectivity index (χ2n) is 8.07. The highest BCUT2D eigenvalue weighted by atomic mass is 32.2. The van der Waals surface area contributed by atoms with E-state index in [9.17, 15) is 18.0 Å². The van der Waals surface area contributed by atoms with Gasteiger partial charge in [0.15, 0.2) is 0 Å². The van der Waals surface area contributed by atoms with Gasteiger partial charge >= 0.3 is 12.1 Å². The normalized spacial score (nSPS) is 10.7. The Morgan fingerprint density at radius 2 is 1.08 bits per heavy atom. The minimum absolute atomic E-state index is 0.0537. The molecule has 0 aromatic heterocycles. The van der Waals surface area contributed by atoms with Crippen molar-refractivity contribution in [2.45, 2.75) is 11.8 Å². The number of rotatable bonds is 7. The third-order valence-electron chi connectivity index (χ3n) is 5.16. The molecule has 0 atom stereocenters. The first-order valence-electron chi connectivity index (χ1n) is 11.3. The lowest BCUT2D eigenvalue weighted by atomic mass is 10.2. The summed E-state index contributed by atoms with van der Waals surface area (Å²) < 4.78 is 28.7. The van der Waals surface area contributed by atoms with Gasteiger partial charge in [0.2, 0.25) is 0 Å². The predicted molar refractivity (Wildman–Crippen MR) is 147 cm³/mol. The maximum absolute atomic E-state index is 13.1. The van der Waals surface area contributed by atoms with Crippen LogP contribution < -0.4 is 26.0 Å². The summed E-state index contributed by atoms with van der Waals surface area (Å²) in [5, 5.41) is 10.7. The van der Waals surface area contributed by atoms with Crippen LogP contribution in [0.5, 0.6) is 0 Å². The number of nitrogens with one attached hydrogen (secondary N) is 5. The molecule has 0 aliphatic heterocycles. The Morgan fingerprint density at radius 3 is 1.65 bits per heavy atom. The lowest BCUT2D eigenvalue weighted by Gasteiger charge is -2.16. The second-order valence-corrected chi connectivity index (χ2v) is 9.75. The molecule has 0 saturated heterocycles. The Balaban J connectivity index is 1.58. The van der Waals surface area contributed by atoms with Crippen molar-refractivity contribution in [1.29, 1.82) is 0 Å². The molecular formula is C27H25N5O4S. The highest BCUT2D eigenvalue weighted by molar-refractivity contribution is 7.92. The number of para-hydroxylation sites is 2. The van der Waals surface area contributed by atoms with Crippen LogP contribution in [-0.2, 0) is 10.0 Å². The summed E-state index contributed by atoms with van der Waals surface area (Å²) in [7, 11) is -3.99. The van der Waals surface area contributed by atoms with Gasteiger partial charge in [-0.25, -0.2) is 18.0 Å². The molecule has 0 aliphatic carbocycles.